The molecule has 4 aromatic carbocycles. The Bertz CT molecular complexity index is 1620. The number of methoxy groups -OCH3 is 2. The van der Waals surface area contributed by atoms with Gasteiger partial charge in [0.15, 0.2) is 0 Å². The van der Waals surface area contributed by atoms with Crippen LogP contribution in [0.1, 0.15) is 38.9 Å². The maximum absolute atomic E-state index is 10.7. The smallest absolute Gasteiger partial charge is 0.330 e. The molecule has 0 aliphatic carbocycles. The Kier molecular flexibility index (Phi) is 19.8. The van der Waals surface area contributed by atoms with Crippen molar-refractivity contribution in [1.82, 2.24) is 0 Å². The zero-order chi connectivity index (χ0) is 37.3. The highest BCUT2D eigenvalue weighted by Gasteiger charge is 1.93. The summed E-state index contributed by atoms with van der Waals surface area (Å²) >= 11 is 0. The summed E-state index contributed by atoms with van der Waals surface area (Å²) in [5, 5.41) is 16.7. The molecule has 0 atom stereocenters. The summed E-state index contributed by atoms with van der Waals surface area (Å²) in [5.74, 6) is -2.54. The number of carbonyl (C=O) groups excluding carboxylic acids is 2. The lowest BCUT2D eigenvalue weighted by molar-refractivity contribution is -0.135. The number of hydrogen-bond acceptors (Lipinski definition) is 7. The molecule has 0 unspecified atom stereocenters. The quantitative estimate of drug-likeness (QED) is 0.0962. The molecule has 0 aromatic heterocycles. The maximum atomic E-state index is 10.7. The molecule has 0 saturated heterocycles. The highest BCUT2D eigenvalue weighted by atomic mass is 16.5. The molecule has 9 heteroatoms. The lowest BCUT2D eigenvalue weighted by atomic mass is 10.1. The van der Waals surface area contributed by atoms with Gasteiger partial charge in [-0.2, -0.15) is 0 Å². The van der Waals surface area contributed by atoms with E-state index in [0.29, 0.717) is 5.69 Å². The number of carboxylic acids is 2. The van der Waals surface area contributed by atoms with Crippen LogP contribution in [-0.4, -0.2) is 48.3 Å². The Morgan fingerprint density at radius 2 is 0.700 bits per heavy atom. The minimum absolute atomic E-state index is 0.333. The van der Waals surface area contributed by atoms with E-state index in [2.05, 4.69) is 9.47 Å². The second kappa shape index (κ2) is 23.8. The van der Waals surface area contributed by atoms with Gasteiger partial charge < -0.3 is 25.4 Å². The number of aliphatic carboxylic acids is 2. The van der Waals surface area contributed by atoms with Gasteiger partial charge in [-0.05, 0) is 79.5 Å². The van der Waals surface area contributed by atoms with Crippen LogP contribution < -0.4 is 5.73 Å². The van der Waals surface area contributed by atoms with Crippen LogP contribution in [0, 0.1) is 20.8 Å². The van der Waals surface area contributed by atoms with Gasteiger partial charge in [-0.3, -0.25) is 0 Å². The topological polar surface area (TPSA) is 153 Å². The summed E-state index contributed by atoms with van der Waals surface area (Å²) in [4.78, 5) is 41.8. The van der Waals surface area contributed by atoms with Crippen molar-refractivity contribution in [1.29, 1.82) is 0 Å². The zero-order valence-electron chi connectivity index (χ0n) is 28.8. The number of nitrogens with two attached hydrogens (primary N) is 1. The van der Waals surface area contributed by atoms with Crippen LogP contribution in [-0.2, 0) is 28.7 Å². The molecular weight excluding hydrogens is 634 g/mol. The van der Waals surface area contributed by atoms with E-state index in [1.165, 1.54) is 43.1 Å². The number of rotatable bonds is 8. The van der Waals surface area contributed by atoms with Gasteiger partial charge in [0.1, 0.15) is 0 Å². The lowest BCUT2D eigenvalue weighted by Gasteiger charge is -1.94. The fourth-order valence-corrected chi connectivity index (χ4v) is 3.44. The number of carboxylic acid groups (broad SMARTS) is 2. The zero-order valence-corrected chi connectivity index (χ0v) is 28.8. The third-order valence-corrected chi connectivity index (χ3v) is 6.23. The molecule has 0 aliphatic rings. The molecule has 0 bridgehead atoms. The van der Waals surface area contributed by atoms with E-state index in [1.807, 2.05) is 106 Å². The van der Waals surface area contributed by atoms with Crippen LogP contribution in [0.4, 0.5) is 5.69 Å². The summed E-state index contributed by atoms with van der Waals surface area (Å²) in [6, 6.07) is 30.4. The number of aryl methyl sites for hydroxylation is 3. The first-order chi connectivity index (χ1) is 23.8. The molecular formula is C41H43NO8. The van der Waals surface area contributed by atoms with E-state index in [9.17, 15) is 19.2 Å². The monoisotopic (exact) mass is 677 g/mol. The molecule has 0 fully saturated rings. The number of carbonyl (C=O) groups is 4. The standard InChI is InChI=1S/C11H12O2.C10H11NO2.2C10H10O2/c1-9-3-5-10(6-4-9)7-8-11(12)13-2;1-13-10(12)7-4-8-2-5-9(11)6-3-8;2*1-8-2-4-9(5-3-8)6-7-10(11)12/h3-8H,1-2H3;2-7H,11H2,1H3;2*2-7H,1H3,(H,11,12)/b8-7+;7-4+;2*7-6+. The number of ether oxygens (including phenoxy) is 2. The Hall–Kier alpha value is -6.48. The summed E-state index contributed by atoms with van der Waals surface area (Å²) in [6.07, 6.45) is 11.6. The summed E-state index contributed by atoms with van der Waals surface area (Å²) < 4.78 is 8.92. The molecule has 9 nitrogen and oxygen atoms in total. The number of benzene rings is 4. The summed E-state index contributed by atoms with van der Waals surface area (Å²) in [7, 11) is 2.71. The van der Waals surface area contributed by atoms with Crippen molar-refractivity contribution >= 4 is 53.9 Å². The van der Waals surface area contributed by atoms with Crippen LogP contribution in [0.5, 0.6) is 0 Å². The van der Waals surface area contributed by atoms with E-state index in [1.54, 1.807) is 36.4 Å². The third kappa shape index (κ3) is 20.6. The van der Waals surface area contributed by atoms with E-state index in [-0.39, 0.29) is 11.9 Å². The predicted molar refractivity (Wildman–Crippen MR) is 200 cm³/mol. The average molecular weight is 678 g/mol. The summed E-state index contributed by atoms with van der Waals surface area (Å²) in [6.45, 7) is 6.00. The van der Waals surface area contributed by atoms with Crippen molar-refractivity contribution in [2.75, 3.05) is 20.0 Å². The Morgan fingerprint density at radius 1 is 0.460 bits per heavy atom. The van der Waals surface area contributed by atoms with Crippen LogP contribution in [0.15, 0.2) is 121 Å². The van der Waals surface area contributed by atoms with E-state index in [0.717, 1.165) is 34.4 Å². The maximum Gasteiger partial charge on any atom is 0.330 e. The first-order valence-corrected chi connectivity index (χ1v) is 15.2. The van der Waals surface area contributed by atoms with E-state index < -0.39 is 11.9 Å². The molecule has 4 aromatic rings. The number of hydrogen-bond donors (Lipinski definition) is 3. The lowest BCUT2D eigenvalue weighted by Crippen LogP contribution is -1.93. The van der Waals surface area contributed by atoms with Gasteiger partial charge in [0.05, 0.1) is 14.2 Å². The van der Waals surface area contributed by atoms with Crippen LogP contribution >= 0.6 is 0 Å². The molecule has 50 heavy (non-hydrogen) atoms. The molecule has 0 spiro atoms. The van der Waals surface area contributed by atoms with E-state index >= 15 is 0 Å². The second-order valence-electron chi connectivity index (χ2n) is 10.5. The summed E-state index contributed by atoms with van der Waals surface area (Å²) in [5.41, 5.74) is 13.5. The number of nitrogen functional groups attached to an aromatic ring is 1. The molecule has 4 N–H and O–H groups in total. The molecule has 260 valence electrons. The van der Waals surface area contributed by atoms with Gasteiger partial charge in [0.2, 0.25) is 0 Å². The first kappa shape index (κ1) is 41.5. The SMILES string of the molecule is COC(=O)/C=C/c1ccc(C)cc1.COC(=O)/C=C/c1ccc(N)cc1.Cc1ccc(/C=C/C(=O)O)cc1.Cc1ccc(/C=C/C(=O)O)cc1. The van der Waals surface area contributed by atoms with Crippen molar-refractivity contribution in [3.63, 3.8) is 0 Å². The molecule has 4 rings (SSSR count). The van der Waals surface area contributed by atoms with E-state index in [4.69, 9.17) is 15.9 Å². The van der Waals surface area contributed by atoms with Gasteiger partial charge in [-0.25, -0.2) is 19.2 Å². The highest BCUT2D eigenvalue weighted by molar-refractivity contribution is 5.87. The minimum atomic E-state index is -0.921. The van der Waals surface area contributed by atoms with Crippen LogP contribution in [0.2, 0.25) is 0 Å². The van der Waals surface area contributed by atoms with Crippen molar-refractivity contribution < 1.29 is 38.9 Å². The predicted octanol–water partition coefficient (Wildman–Crippen LogP) is 7.82. The average Bonchev–Trinajstić information content (AvgIpc) is 3.11. The normalized spacial score (nSPS) is 10.3. The van der Waals surface area contributed by atoms with Crippen LogP contribution in [0.3, 0.4) is 0 Å². The number of anilines is 1. The van der Waals surface area contributed by atoms with Crippen molar-refractivity contribution in [2.24, 2.45) is 0 Å². The van der Waals surface area contributed by atoms with Gasteiger partial charge in [-0.1, -0.05) is 102 Å². The third-order valence-electron chi connectivity index (χ3n) is 6.23. The van der Waals surface area contributed by atoms with Crippen molar-refractivity contribution in [3.8, 4) is 0 Å². The highest BCUT2D eigenvalue weighted by Crippen LogP contribution is 2.08. The van der Waals surface area contributed by atoms with Crippen molar-refractivity contribution in [3.05, 3.63) is 160 Å². The van der Waals surface area contributed by atoms with Gasteiger partial charge in [0, 0.05) is 30.0 Å². The fourth-order valence-electron chi connectivity index (χ4n) is 3.44. The molecule has 0 aliphatic heterocycles. The first-order valence-electron chi connectivity index (χ1n) is 15.2. The molecule has 0 radical (unpaired) electrons. The molecule has 0 saturated carbocycles. The number of esters is 2. The molecule has 0 heterocycles. The fraction of sp³-hybridized carbons (Fsp3) is 0.122. The van der Waals surface area contributed by atoms with Crippen LogP contribution in [0.25, 0.3) is 24.3 Å². The Balaban J connectivity index is 0.000000334. The Morgan fingerprint density at radius 3 is 0.940 bits per heavy atom. The minimum Gasteiger partial charge on any atom is -0.478 e. The van der Waals surface area contributed by atoms with Gasteiger partial charge >= 0.3 is 23.9 Å². The molecule has 0 amide bonds. The van der Waals surface area contributed by atoms with Gasteiger partial charge in [0.25, 0.3) is 0 Å². The Labute approximate surface area is 293 Å². The largest absolute Gasteiger partial charge is 0.478 e. The second-order valence-corrected chi connectivity index (χ2v) is 10.5. The van der Waals surface area contributed by atoms with Crippen molar-refractivity contribution in [2.45, 2.75) is 20.8 Å². The van der Waals surface area contributed by atoms with Gasteiger partial charge in [-0.15, -0.1) is 0 Å².